The molecule has 0 aliphatic carbocycles. The highest BCUT2D eigenvalue weighted by atomic mass is 16.6. The van der Waals surface area contributed by atoms with Gasteiger partial charge in [0.15, 0.2) is 6.29 Å². The van der Waals surface area contributed by atoms with E-state index >= 15 is 0 Å². The highest BCUT2D eigenvalue weighted by Crippen LogP contribution is 2.30. The molecule has 59 heavy (non-hydrogen) atoms. The standard InChI is InChI=1S/C44H28N4O11/c45-27-6-8-28(9-7-27)46-38(50)34-17-22(1-2-26(34)21-49)23-3-14-31(41(53)54)35(18-23)39(51)47-29-10-12-30(13-11-29)48-40(52)36-19-24(4-15-32(36)42(55)56)25-5-16-33-37(20-25)44(58)59-43(33)57/h1-21H,45H2,(H,46,50)(H,47,51)(H,48,52)(H,53,54)(H,55,56). The second-order valence-electron chi connectivity index (χ2n) is 13.0. The third kappa shape index (κ3) is 8.01. The van der Waals surface area contributed by atoms with Gasteiger partial charge in [0.1, 0.15) is 0 Å². The molecule has 0 saturated carbocycles. The Labute approximate surface area is 333 Å². The number of esters is 2. The average molecular weight is 789 g/mol. The summed E-state index contributed by atoms with van der Waals surface area (Å²) in [6.07, 6.45) is 0.526. The Bertz CT molecular complexity index is 2800. The third-order valence-corrected chi connectivity index (χ3v) is 9.29. The van der Waals surface area contributed by atoms with Gasteiger partial charge in [0.05, 0.1) is 38.9 Å². The maximum atomic E-state index is 13.6. The highest BCUT2D eigenvalue weighted by molar-refractivity contribution is 6.16. The van der Waals surface area contributed by atoms with Gasteiger partial charge in [-0.2, -0.15) is 0 Å². The lowest BCUT2D eigenvalue weighted by atomic mass is 9.95. The fourth-order valence-electron chi connectivity index (χ4n) is 6.30. The van der Waals surface area contributed by atoms with Crippen LogP contribution in [0.2, 0.25) is 0 Å². The largest absolute Gasteiger partial charge is 0.478 e. The fraction of sp³-hybridized carbons (Fsp3) is 0. The number of carbonyl (C=O) groups is 8. The van der Waals surface area contributed by atoms with E-state index < -0.39 is 41.6 Å². The SMILES string of the molecule is Nc1ccc(NC(=O)c2cc(-c3ccc(C(=O)O)c(C(=O)Nc4ccc(NC(=O)c5cc(-c6ccc7c(c6)C(=O)OC7=O)ccc5C(=O)O)cc4)c3)ccc2C=O)cc1. The van der Waals surface area contributed by atoms with Crippen molar-refractivity contribution >= 4 is 70.6 Å². The number of fused-ring (bicyclic) bond motifs is 1. The van der Waals surface area contributed by atoms with Crippen LogP contribution in [0.3, 0.4) is 0 Å². The van der Waals surface area contributed by atoms with E-state index in [4.69, 9.17) is 5.73 Å². The number of benzene rings is 6. The minimum atomic E-state index is -1.38. The Morgan fingerprint density at radius 1 is 0.475 bits per heavy atom. The third-order valence-electron chi connectivity index (χ3n) is 9.29. The molecule has 15 heteroatoms. The van der Waals surface area contributed by atoms with Crippen molar-refractivity contribution in [3.8, 4) is 22.3 Å². The number of hydrogen-bond donors (Lipinski definition) is 6. The van der Waals surface area contributed by atoms with Crippen molar-refractivity contribution in [3.05, 3.63) is 166 Å². The number of amides is 3. The number of nitrogens with one attached hydrogen (secondary N) is 3. The zero-order chi connectivity index (χ0) is 42.0. The van der Waals surface area contributed by atoms with Crippen LogP contribution in [0, 0.1) is 0 Å². The summed E-state index contributed by atoms with van der Waals surface area (Å²) < 4.78 is 4.63. The van der Waals surface area contributed by atoms with Crippen LogP contribution in [0.15, 0.2) is 121 Å². The first kappa shape index (κ1) is 38.6. The van der Waals surface area contributed by atoms with Crippen LogP contribution in [0.1, 0.15) is 82.9 Å². The Balaban J connectivity index is 1.09. The number of rotatable bonds is 11. The summed E-state index contributed by atoms with van der Waals surface area (Å²) in [6, 6.07) is 29.0. The summed E-state index contributed by atoms with van der Waals surface area (Å²) in [5.74, 6) is -6.51. The molecule has 1 heterocycles. The number of carboxylic acid groups (broad SMARTS) is 2. The molecule has 6 aromatic rings. The van der Waals surface area contributed by atoms with Crippen LogP contribution in [-0.2, 0) is 4.74 Å². The van der Waals surface area contributed by atoms with Crippen LogP contribution in [0.5, 0.6) is 0 Å². The van der Waals surface area contributed by atoms with Gasteiger partial charge in [0, 0.05) is 28.3 Å². The molecule has 290 valence electrons. The van der Waals surface area contributed by atoms with E-state index in [0.717, 1.165) is 0 Å². The number of anilines is 4. The van der Waals surface area contributed by atoms with E-state index in [1.165, 1.54) is 91.0 Å². The van der Waals surface area contributed by atoms with E-state index in [1.807, 2.05) is 0 Å². The van der Waals surface area contributed by atoms with E-state index in [1.54, 1.807) is 30.3 Å². The van der Waals surface area contributed by atoms with Crippen LogP contribution in [-0.4, -0.2) is 58.1 Å². The van der Waals surface area contributed by atoms with Crippen molar-refractivity contribution in [2.24, 2.45) is 0 Å². The zero-order valence-corrected chi connectivity index (χ0v) is 30.3. The summed E-state index contributed by atoms with van der Waals surface area (Å²) in [6.45, 7) is 0. The normalized spacial score (nSPS) is 11.5. The minimum absolute atomic E-state index is 0.0349. The minimum Gasteiger partial charge on any atom is -0.478 e. The Hall–Kier alpha value is -8.72. The fourth-order valence-corrected chi connectivity index (χ4v) is 6.30. The molecule has 0 radical (unpaired) electrons. The number of carboxylic acids is 2. The molecule has 7 rings (SSSR count). The van der Waals surface area contributed by atoms with Crippen molar-refractivity contribution in [1.82, 2.24) is 0 Å². The highest BCUT2D eigenvalue weighted by Gasteiger charge is 2.30. The van der Waals surface area contributed by atoms with Gasteiger partial charge in [0.25, 0.3) is 17.7 Å². The second-order valence-corrected chi connectivity index (χ2v) is 13.0. The summed E-state index contributed by atoms with van der Waals surface area (Å²) in [7, 11) is 0. The van der Waals surface area contributed by atoms with Crippen LogP contribution in [0.4, 0.5) is 22.7 Å². The molecule has 15 nitrogen and oxygen atoms in total. The number of aldehydes is 1. The molecule has 7 N–H and O–H groups in total. The van der Waals surface area contributed by atoms with E-state index in [0.29, 0.717) is 39.9 Å². The van der Waals surface area contributed by atoms with E-state index in [2.05, 4.69) is 20.7 Å². The molecular weight excluding hydrogens is 761 g/mol. The van der Waals surface area contributed by atoms with Crippen molar-refractivity contribution in [1.29, 1.82) is 0 Å². The number of nitrogens with two attached hydrogens (primary N) is 1. The van der Waals surface area contributed by atoms with Gasteiger partial charge in [0.2, 0.25) is 0 Å². The number of ether oxygens (including phenoxy) is 1. The van der Waals surface area contributed by atoms with Gasteiger partial charge in [-0.3, -0.25) is 19.2 Å². The first-order valence-electron chi connectivity index (χ1n) is 17.4. The first-order valence-corrected chi connectivity index (χ1v) is 17.4. The lowest BCUT2D eigenvalue weighted by Crippen LogP contribution is -2.17. The first-order chi connectivity index (χ1) is 28.3. The smallest absolute Gasteiger partial charge is 0.346 e. The topological polar surface area (TPSA) is 248 Å². The number of carbonyl (C=O) groups excluding carboxylic acids is 6. The summed E-state index contributed by atoms with van der Waals surface area (Å²) in [5.41, 5.74) is 7.90. The number of hydrogen-bond acceptors (Lipinski definition) is 10. The monoisotopic (exact) mass is 788 g/mol. The predicted octanol–water partition coefficient (Wildman–Crippen LogP) is 6.88. The molecule has 3 amide bonds. The molecule has 1 aliphatic heterocycles. The van der Waals surface area contributed by atoms with Gasteiger partial charge in [-0.05, 0) is 113 Å². The van der Waals surface area contributed by atoms with Gasteiger partial charge >= 0.3 is 23.9 Å². The van der Waals surface area contributed by atoms with Crippen LogP contribution < -0.4 is 21.7 Å². The van der Waals surface area contributed by atoms with Gasteiger partial charge in [-0.15, -0.1) is 0 Å². The maximum absolute atomic E-state index is 13.6. The molecule has 0 saturated heterocycles. The number of nitrogen functional groups attached to an aromatic ring is 1. The molecule has 0 atom stereocenters. The lowest BCUT2D eigenvalue weighted by molar-refractivity contribution is 0.0441. The number of aromatic carboxylic acids is 2. The van der Waals surface area contributed by atoms with Gasteiger partial charge in [-0.1, -0.05) is 30.3 Å². The van der Waals surface area contributed by atoms with Crippen molar-refractivity contribution in [2.75, 3.05) is 21.7 Å². The van der Waals surface area contributed by atoms with E-state index in [-0.39, 0.29) is 55.9 Å². The molecular formula is C44H28N4O11. The quantitative estimate of drug-likeness (QED) is 0.0340. The number of cyclic esters (lactones) is 2. The van der Waals surface area contributed by atoms with E-state index in [9.17, 15) is 48.6 Å². The average Bonchev–Trinajstić information content (AvgIpc) is 3.52. The summed E-state index contributed by atoms with van der Waals surface area (Å²) >= 11 is 0. The molecule has 1 aliphatic rings. The van der Waals surface area contributed by atoms with Crippen molar-refractivity contribution < 1.29 is 53.3 Å². The van der Waals surface area contributed by atoms with Crippen molar-refractivity contribution in [2.45, 2.75) is 0 Å². The van der Waals surface area contributed by atoms with Crippen LogP contribution in [0.25, 0.3) is 22.3 Å². The summed E-state index contributed by atoms with van der Waals surface area (Å²) in [5, 5.41) is 27.7. The molecule has 0 fully saturated rings. The Morgan fingerprint density at radius 3 is 1.34 bits per heavy atom. The molecule has 0 aromatic heterocycles. The Kier molecular flexibility index (Phi) is 10.3. The Morgan fingerprint density at radius 2 is 0.864 bits per heavy atom. The molecule has 0 spiro atoms. The second kappa shape index (κ2) is 15.8. The van der Waals surface area contributed by atoms with Gasteiger partial charge in [-0.25, -0.2) is 19.2 Å². The van der Waals surface area contributed by atoms with Crippen LogP contribution >= 0.6 is 0 Å². The molecule has 6 aromatic carbocycles. The summed E-state index contributed by atoms with van der Waals surface area (Å²) in [4.78, 5) is 100. The van der Waals surface area contributed by atoms with Gasteiger partial charge < -0.3 is 36.6 Å². The maximum Gasteiger partial charge on any atom is 0.346 e. The zero-order valence-electron chi connectivity index (χ0n) is 30.3. The predicted molar refractivity (Wildman–Crippen MR) is 214 cm³/mol. The lowest BCUT2D eigenvalue weighted by Gasteiger charge is -2.13. The molecule has 0 unspecified atom stereocenters. The molecule has 0 bridgehead atoms. The van der Waals surface area contributed by atoms with Crippen molar-refractivity contribution in [3.63, 3.8) is 0 Å².